The van der Waals surface area contributed by atoms with Gasteiger partial charge in [-0.25, -0.2) is 9.18 Å². The van der Waals surface area contributed by atoms with Crippen LogP contribution >= 0.6 is 0 Å². The predicted molar refractivity (Wildman–Crippen MR) is 70.7 cm³/mol. The summed E-state index contributed by atoms with van der Waals surface area (Å²) in [6.45, 7) is -0.0554. The van der Waals surface area contributed by atoms with Gasteiger partial charge in [0.05, 0.1) is 7.11 Å². The van der Waals surface area contributed by atoms with Gasteiger partial charge in [0, 0.05) is 11.6 Å². The van der Waals surface area contributed by atoms with Crippen LogP contribution in [0.5, 0.6) is 11.5 Å². The van der Waals surface area contributed by atoms with Gasteiger partial charge in [-0.2, -0.15) is 0 Å². The molecule has 0 amide bonds. The van der Waals surface area contributed by atoms with Gasteiger partial charge < -0.3 is 14.6 Å². The van der Waals surface area contributed by atoms with Crippen molar-refractivity contribution in [3.8, 4) is 11.5 Å². The molecule has 0 radical (unpaired) electrons. The maximum Gasteiger partial charge on any atom is 0.339 e. The van der Waals surface area contributed by atoms with Crippen LogP contribution in [0, 0.1) is 5.82 Å². The number of aromatic carboxylic acids is 1. The molecule has 0 aliphatic rings. The molecule has 104 valence electrons. The van der Waals surface area contributed by atoms with Gasteiger partial charge in [0.1, 0.15) is 29.5 Å². The smallest absolute Gasteiger partial charge is 0.339 e. The molecular formula is C15H13FO4. The van der Waals surface area contributed by atoms with Crippen LogP contribution in [0.1, 0.15) is 15.9 Å². The summed E-state index contributed by atoms with van der Waals surface area (Å²) in [7, 11) is 1.47. The number of hydrogen-bond donors (Lipinski definition) is 1. The lowest BCUT2D eigenvalue weighted by molar-refractivity contribution is 0.0691. The fourth-order valence-electron chi connectivity index (χ4n) is 1.70. The van der Waals surface area contributed by atoms with E-state index in [-0.39, 0.29) is 17.9 Å². The summed E-state index contributed by atoms with van der Waals surface area (Å²) in [4.78, 5) is 11.1. The van der Waals surface area contributed by atoms with Gasteiger partial charge in [-0.3, -0.25) is 0 Å². The lowest BCUT2D eigenvalue weighted by Crippen LogP contribution is -2.04. The van der Waals surface area contributed by atoms with Crippen molar-refractivity contribution in [2.75, 3.05) is 7.11 Å². The van der Waals surface area contributed by atoms with Crippen LogP contribution in [0.15, 0.2) is 42.5 Å². The van der Waals surface area contributed by atoms with E-state index in [4.69, 9.17) is 14.6 Å². The van der Waals surface area contributed by atoms with Crippen LogP contribution in [0.25, 0.3) is 0 Å². The van der Waals surface area contributed by atoms with E-state index in [1.165, 1.54) is 31.4 Å². The summed E-state index contributed by atoms with van der Waals surface area (Å²) in [6.07, 6.45) is 0. The number of carboxylic acid groups (broad SMARTS) is 1. The number of benzene rings is 2. The van der Waals surface area contributed by atoms with Gasteiger partial charge in [0.15, 0.2) is 0 Å². The molecule has 0 unspecified atom stereocenters. The predicted octanol–water partition coefficient (Wildman–Crippen LogP) is 3.11. The second-order valence-electron chi connectivity index (χ2n) is 4.05. The molecule has 20 heavy (non-hydrogen) atoms. The molecule has 2 aromatic rings. The SMILES string of the molecule is COc1ccc(C(=O)O)c(OCc2ccccc2F)c1. The zero-order valence-electron chi connectivity index (χ0n) is 10.8. The Morgan fingerprint density at radius 3 is 2.65 bits per heavy atom. The minimum absolute atomic E-state index is 0.00198. The highest BCUT2D eigenvalue weighted by Gasteiger charge is 2.13. The fraction of sp³-hybridized carbons (Fsp3) is 0.133. The maximum absolute atomic E-state index is 13.5. The molecule has 0 atom stereocenters. The van der Waals surface area contributed by atoms with Gasteiger partial charge in [-0.1, -0.05) is 18.2 Å². The van der Waals surface area contributed by atoms with Crippen molar-refractivity contribution in [2.24, 2.45) is 0 Å². The Balaban J connectivity index is 2.24. The summed E-state index contributed by atoms with van der Waals surface area (Å²) < 4.78 is 23.9. The molecule has 5 heteroatoms. The first-order chi connectivity index (χ1) is 9.61. The first-order valence-electron chi connectivity index (χ1n) is 5.89. The Morgan fingerprint density at radius 2 is 2.00 bits per heavy atom. The fourth-order valence-corrected chi connectivity index (χ4v) is 1.70. The standard InChI is InChI=1S/C15H13FO4/c1-19-11-6-7-12(15(17)18)14(8-11)20-9-10-4-2-3-5-13(10)16/h2-8H,9H2,1H3,(H,17,18). The largest absolute Gasteiger partial charge is 0.497 e. The molecule has 0 spiro atoms. The Labute approximate surface area is 115 Å². The normalized spacial score (nSPS) is 10.1. The third kappa shape index (κ3) is 3.06. The molecule has 0 fully saturated rings. The van der Waals surface area contributed by atoms with Crippen LogP contribution in [0.3, 0.4) is 0 Å². The molecule has 0 aliphatic carbocycles. The number of ether oxygens (including phenoxy) is 2. The molecule has 0 aromatic heterocycles. The van der Waals surface area contributed by atoms with Crippen LogP contribution in [-0.4, -0.2) is 18.2 Å². The summed E-state index contributed by atoms with van der Waals surface area (Å²) in [5.41, 5.74) is 0.355. The molecule has 4 nitrogen and oxygen atoms in total. The number of halogens is 1. The lowest BCUT2D eigenvalue weighted by atomic mass is 10.2. The second-order valence-corrected chi connectivity index (χ2v) is 4.05. The first-order valence-corrected chi connectivity index (χ1v) is 5.89. The van der Waals surface area contributed by atoms with E-state index >= 15 is 0 Å². The van der Waals surface area contributed by atoms with E-state index in [0.717, 1.165) is 0 Å². The molecule has 0 saturated carbocycles. The molecule has 1 N–H and O–H groups in total. The molecule has 2 aromatic carbocycles. The lowest BCUT2D eigenvalue weighted by Gasteiger charge is -2.11. The minimum atomic E-state index is -1.11. The molecule has 0 heterocycles. The van der Waals surface area contributed by atoms with Crippen LogP contribution < -0.4 is 9.47 Å². The zero-order valence-corrected chi connectivity index (χ0v) is 10.8. The number of carboxylic acids is 1. The molecular weight excluding hydrogens is 263 g/mol. The number of hydrogen-bond acceptors (Lipinski definition) is 3. The van der Waals surface area contributed by atoms with Crippen molar-refractivity contribution in [3.05, 3.63) is 59.4 Å². The quantitative estimate of drug-likeness (QED) is 0.911. The van der Waals surface area contributed by atoms with E-state index in [1.807, 2.05) is 0 Å². The molecule has 0 saturated heterocycles. The maximum atomic E-state index is 13.5. The second kappa shape index (κ2) is 6.06. The van der Waals surface area contributed by atoms with Crippen molar-refractivity contribution < 1.29 is 23.8 Å². The Kier molecular flexibility index (Phi) is 4.20. The van der Waals surface area contributed by atoms with Crippen molar-refractivity contribution in [3.63, 3.8) is 0 Å². The van der Waals surface area contributed by atoms with Gasteiger partial charge in [0.25, 0.3) is 0 Å². The number of rotatable bonds is 5. The van der Waals surface area contributed by atoms with Gasteiger partial charge in [-0.15, -0.1) is 0 Å². The average Bonchev–Trinajstić information content (AvgIpc) is 2.46. The van der Waals surface area contributed by atoms with Crippen LogP contribution in [-0.2, 0) is 6.61 Å². The van der Waals surface area contributed by atoms with Crippen molar-refractivity contribution in [1.82, 2.24) is 0 Å². The Bertz CT molecular complexity index is 625. The Hall–Kier alpha value is -2.56. The summed E-state index contributed by atoms with van der Waals surface area (Å²) in [5.74, 6) is -0.901. The van der Waals surface area contributed by atoms with Crippen molar-refractivity contribution in [2.45, 2.75) is 6.61 Å². The summed E-state index contributed by atoms with van der Waals surface area (Å²) in [5, 5.41) is 9.09. The van der Waals surface area contributed by atoms with E-state index in [9.17, 15) is 9.18 Å². The minimum Gasteiger partial charge on any atom is -0.497 e. The number of carbonyl (C=O) groups is 1. The highest BCUT2D eigenvalue weighted by molar-refractivity contribution is 5.91. The highest BCUT2D eigenvalue weighted by atomic mass is 19.1. The Morgan fingerprint density at radius 1 is 1.25 bits per heavy atom. The van der Waals surface area contributed by atoms with Gasteiger partial charge in [-0.05, 0) is 18.2 Å². The monoisotopic (exact) mass is 276 g/mol. The summed E-state index contributed by atoms with van der Waals surface area (Å²) in [6, 6.07) is 10.5. The molecule has 0 bridgehead atoms. The van der Waals surface area contributed by atoms with E-state index in [1.54, 1.807) is 18.2 Å². The van der Waals surface area contributed by atoms with Gasteiger partial charge in [0.2, 0.25) is 0 Å². The highest BCUT2D eigenvalue weighted by Crippen LogP contribution is 2.26. The summed E-state index contributed by atoms with van der Waals surface area (Å²) >= 11 is 0. The van der Waals surface area contributed by atoms with E-state index < -0.39 is 11.8 Å². The molecule has 0 aliphatic heterocycles. The average molecular weight is 276 g/mol. The van der Waals surface area contributed by atoms with Crippen LogP contribution in [0.2, 0.25) is 0 Å². The van der Waals surface area contributed by atoms with Crippen molar-refractivity contribution in [1.29, 1.82) is 0 Å². The van der Waals surface area contributed by atoms with Crippen LogP contribution in [0.4, 0.5) is 4.39 Å². The number of methoxy groups -OCH3 is 1. The van der Waals surface area contributed by atoms with E-state index in [2.05, 4.69) is 0 Å². The first kappa shape index (κ1) is 13.9. The zero-order chi connectivity index (χ0) is 14.5. The van der Waals surface area contributed by atoms with Crippen molar-refractivity contribution >= 4 is 5.97 Å². The third-order valence-electron chi connectivity index (χ3n) is 2.76. The van der Waals surface area contributed by atoms with E-state index in [0.29, 0.717) is 11.3 Å². The topological polar surface area (TPSA) is 55.8 Å². The third-order valence-corrected chi connectivity index (χ3v) is 2.76. The molecule has 2 rings (SSSR count). The van der Waals surface area contributed by atoms with Gasteiger partial charge >= 0.3 is 5.97 Å².